The monoisotopic (exact) mass is 331 g/mol. The zero-order valence-corrected chi connectivity index (χ0v) is 14.5. The van der Waals surface area contributed by atoms with E-state index in [-0.39, 0.29) is 18.0 Å². The molecule has 0 fully saturated rings. The number of hydrogen-bond acceptors (Lipinski definition) is 6. The van der Waals surface area contributed by atoms with Crippen LogP contribution in [0.25, 0.3) is 0 Å². The maximum Gasteiger partial charge on any atom is 0.147 e. The molecule has 0 spiro atoms. The highest BCUT2D eigenvalue weighted by molar-refractivity contribution is 8.76. The molecule has 1 unspecified atom stereocenters. The molecule has 0 saturated carbocycles. The van der Waals surface area contributed by atoms with Gasteiger partial charge in [-0.05, 0) is 56.2 Å². The quantitative estimate of drug-likeness (QED) is 0.477. The van der Waals surface area contributed by atoms with Gasteiger partial charge in [-0.1, -0.05) is 27.7 Å². The van der Waals surface area contributed by atoms with Crippen molar-refractivity contribution in [1.82, 2.24) is 0 Å². The number of hydrogen-bond donors (Lipinski definition) is 3. The maximum atomic E-state index is 9.21. The van der Waals surface area contributed by atoms with Crippen molar-refractivity contribution < 1.29 is 14.9 Å². The third kappa shape index (κ3) is 6.93. The predicted molar refractivity (Wildman–Crippen MR) is 91.3 cm³/mol. The maximum absolute atomic E-state index is 9.21. The first-order valence-corrected chi connectivity index (χ1v) is 9.44. The Hall–Kier alpha value is -0.400. The van der Waals surface area contributed by atoms with Crippen molar-refractivity contribution in [2.24, 2.45) is 5.73 Å². The number of aliphatic hydroxyl groups excluding tert-OH is 2. The average Bonchev–Trinajstić information content (AvgIpc) is 2.44. The summed E-state index contributed by atoms with van der Waals surface area (Å²) in [7, 11) is 3.59. The fourth-order valence-corrected chi connectivity index (χ4v) is 4.23. The van der Waals surface area contributed by atoms with E-state index in [9.17, 15) is 10.2 Å². The van der Waals surface area contributed by atoms with Crippen LogP contribution in [0.4, 0.5) is 0 Å². The van der Waals surface area contributed by atoms with Gasteiger partial charge >= 0.3 is 0 Å². The van der Waals surface area contributed by atoms with Crippen molar-refractivity contribution >= 4 is 21.6 Å². The van der Waals surface area contributed by atoms with Gasteiger partial charge in [0.05, 0.1) is 13.2 Å². The van der Waals surface area contributed by atoms with Crippen LogP contribution in [0.15, 0.2) is 18.2 Å². The molecule has 1 rings (SSSR count). The molecule has 0 aliphatic rings. The van der Waals surface area contributed by atoms with Crippen molar-refractivity contribution in [3.05, 3.63) is 29.3 Å². The van der Waals surface area contributed by atoms with Gasteiger partial charge in [-0.25, -0.2) is 0 Å². The Bertz CT molecular complexity index is 419. The van der Waals surface area contributed by atoms with Gasteiger partial charge in [-0.2, -0.15) is 0 Å². The highest BCUT2D eigenvalue weighted by Crippen LogP contribution is 2.37. The highest BCUT2D eigenvalue weighted by atomic mass is 33.1. The van der Waals surface area contributed by atoms with Crippen LogP contribution in [-0.4, -0.2) is 27.4 Å². The van der Waals surface area contributed by atoms with Crippen molar-refractivity contribution in [2.45, 2.75) is 50.9 Å². The lowest BCUT2D eigenvalue weighted by molar-refractivity contribution is 0.190. The van der Waals surface area contributed by atoms with Gasteiger partial charge in [-0.15, -0.1) is 0 Å². The van der Waals surface area contributed by atoms with Crippen LogP contribution in [0.5, 0.6) is 5.75 Å². The number of nitrogens with two attached hydrogens (primary N) is 1. The molecule has 0 aromatic heterocycles. The summed E-state index contributed by atoms with van der Waals surface area (Å²) in [6, 6.07) is 5.25. The van der Waals surface area contributed by atoms with Crippen LogP contribution in [0.2, 0.25) is 0 Å². The summed E-state index contributed by atoms with van der Waals surface area (Å²) in [6.07, 6.45) is 3.37. The molecule has 0 amide bonds. The van der Waals surface area contributed by atoms with Gasteiger partial charge in [0.2, 0.25) is 0 Å². The second-order valence-corrected chi connectivity index (χ2v) is 8.61. The van der Waals surface area contributed by atoms with E-state index >= 15 is 0 Å². The van der Waals surface area contributed by atoms with E-state index in [2.05, 4.69) is 20.1 Å². The van der Waals surface area contributed by atoms with E-state index in [1.165, 1.54) is 0 Å². The van der Waals surface area contributed by atoms with Crippen molar-refractivity contribution in [3.63, 3.8) is 0 Å². The number of rotatable bonds is 9. The Morgan fingerprint density at radius 2 is 1.76 bits per heavy atom. The molecule has 4 N–H and O–H groups in total. The Labute approximate surface area is 134 Å². The lowest BCUT2D eigenvalue weighted by Gasteiger charge is -2.24. The van der Waals surface area contributed by atoms with Crippen molar-refractivity contribution in [2.75, 3.05) is 6.26 Å². The molecular weight excluding hydrogens is 306 g/mol. The van der Waals surface area contributed by atoms with Crippen LogP contribution in [0.3, 0.4) is 0 Å². The number of ether oxygens (including phenoxy) is 1. The lowest BCUT2D eigenvalue weighted by atomic mass is 10.1. The van der Waals surface area contributed by atoms with Crippen LogP contribution < -0.4 is 10.5 Å². The molecule has 0 radical (unpaired) electrons. The van der Waals surface area contributed by atoms with Crippen molar-refractivity contribution in [1.29, 1.82) is 0 Å². The zero-order valence-electron chi connectivity index (χ0n) is 12.8. The molecular formula is C15H25NO3S2. The zero-order chi connectivity index (χ0) is 15.9. The van der Waals surface area contributed by atoms with Crippen LogP contribution in [0.1, 0.15) is 37.8 Å². The SMILES string of the molecule is CSSC(C)(C)CCC(N)Oc1cc(CO)cc(CO)c1. The van der Waals surface area contributed by atoms with Gasteiger partial charge in [0, 0.05) is 4.75 Å². The number of aliphatic hydroxyl groups is 2. The molecule has 21 heavy (non-hydrogen) atoms. The largest absolute Gasteiger partial charge is 0.476 e. The standard InChI is InChI=1S/C15H25NO3S2/c1-15(2,21-20-3)5-4-14(16)19-13-7-11(9-17)6-12(8-13)10-18/h6-8,14,17-18H,4-5,9-10,16H2,1-3H3. The van der Waals surface area contributed by atoms with Gasteiger partial charge in [0.25, 0.3) is 0 Å². The third-order valence-corrected chi connectivity index (χ3v) is 5.69. The summed E-state index contributed by atoms with van der Waals surface area (Å²) in [5.74, 6) is 0.591. The highest BCUT2D eigenvalue weighted by Gasteiger charge is 2.20. The van der Waals surface area contributed by atoms with Gasteiger partial charge < -0.3 is 14.9 Å². The summed E-state index contributed by atoms with van der Waals surface area (Å²) in [6.45, 7) is 4.21. The van der Waals surface area contributed by atoms with E-state index in [0.29, 0.717) is 16.9 Å². The molecule has 0 saturated heterocycles. The van der Waals surface area contributed by atoms with E-state index in [4.69, 9.17) is 10.5 Å². The lowest BCUT2D eigenvalue weighted by Crippen LogP contribution is -2.29. The average molecular weight is 332 g/mol. The minimum Gasteiger partial charge on any atom is -0.476 e. The molecule has 1 aromatic carbocycles. The van der Waals surface area contributed by atoms with Crippen LogP contribution >= 0.6 is 21.6 Å². The predicted octanol–water partition coefficient (Wildman–Crippen LogP) is 2.90. The van der Waals surface area contributed by atoms with Crippen molar-refractivity contribution in [3.8, 4) is 5.75 Å². The summed E-state index contributed by atoms with van der Waals surface area (Å²) in [5.41, 5.74) is 7.45. The molecule has 0 bridgehead atoms. The van der Waals surface area contributed by atoms with Crippen LogP contribution in [-0.2, 0) is 13.2 Å². The summed E-state index contributed by atoms with van der Waals surface area (Å²) < 4.78 is 5.87. The van der Waals surface area contributed by atoms with E-state index in [0.717, 1.165) is 12.8 Å². The van der Waals surface area contributed by atoms with Gasteiger partial charge in [0.15, 0.2) is 0 Å². The smallest absolute Gasteiger partial charge is 0.147 e. The molecule has 1 atom stereocenters. The molecule has 6 heteroatoms. The minimum absolute atomic E-state index is 0.0865. The van der Waals surface area contributed by atoms with E-state index < -0.39 is 6.23 Å². The molecule has 0 aliphatic carbocycles. The van der Waals surface area contributed by atoms with Gasteiger partial charge in [-0.3, -0.25) is 5.73 Å². The van der Waals surface area contributed by atoms with Gasteiger partial charge in [0.1, 0.15) is 12.0 Å². The van der Waals surface area contributed by atoms with Crippen LogP contribution in [0, 0.1) is 0 Å². The summed E-state index contributed by atoms with van der Waals surface area (Å²) >= 11 is 0. The second kappa shape index (κ2) is 8.90. The molecule has 0 heterocycles. The first-order chi connectivity index (χ1) is 9.90. The fourth-order valence-electron chi connectivity index (χ4n) is 1.97. The fraction of sp³-hybridized carbons (Fsp3) is 0.600. The second-order valence-electron chi connectivity index (χ2n) is 5.51. The molecule has 120 valence electrons. The molecule has 0 aliphatic heterocycles. The van der Waals surface area contributed by atoms with E-state index in [1.807, 2.05) is 10.8 Å². The normalized spacial score (nSPS) is 13.2. The Morgan fingerprint density at radius 3 is 2.24 bits per heavy atom. The first kappa shape index (κ1) is 18.6. The molecule has 4 nitrogen and oxygen atoms in total. The summed E-state index contributed by atoms with van der Waals surface area (Å²) in [4.78, 5) is 0. The Balaban J connectivity index is 2.60. The Kier molecular flexibility index (Phi) is 7.90. The first-order valence-electron chi connectivity index (χ1n) is 6.89. The topological polar surface area (TPSA) is 75.7 Å². The number of benzene rings is 1. The minimum atomic E-state index is -0.396. The third-order valence-electron chi connectivity index (χ3n) is 3.02. The molecule has 1 aromatic rings. The summed E-state index contributed by atoms with van der Waals surface area (Å²) in [5, 5.41) is 18.4. The Morgan fingerprint density at radius 1 is 1.19 bits per heavy atom. The van der Waals surface area contributed by atoms with E-state index in [1.54, 1.807) is 29.0 Å².